The summed E-state index contributed by atoms with van der Waals surface area (Å²) < 4.78 is 50.2. The third-order valence-corrected chi connectivity index (χ3v) is 4.99. The minimum absolute atomic E-state index is 0.124. The lowest BCUT2D eigenvalue weighted by Crippen LogP contribution is -2.43. The van der Waals surface area contributed by atoms with Crippen LogP contribution in [-0.4, -0.2) is 49.3 Å². The van der Waals surface area contributed by atoms with Crippen LogP contribution in [0.1, 0.15) is 24.0 Å². The fourth-order valence-electron chi connectivity index (χ4n) is 3.42. The van der Waals surface area contributed by atoms with E-state index in [2.05, 4.69) is 15.3 Å². The number of carbonyl (C=O) groups excluding carboxylic acids is 1. The quantitative estimate of drug-likeness (QED) is 0.639. The third kappa shape index (κ3) is 6.30. The molecule has 31 heavy (non-hydrogen) atoms. The highest BCUT2D eigenvalue weighted by atomic mass is 19.4. The zero-order valence-electron chi connectivity index (χ0n) is 17.2. The predicted molar refractivity (Wildman–Crippen MR) is 108 cm³/mol. The fraction of sp³-hybridized carbons (Fsp3) is 0.476. The SMILES string of the molecule is COCCOc1ccc(CNC(=O)C2CCCN(c3ncccc3C(F)(F)F)C2)cn1. The van der Waals surface area contributed by atoms with Gasteiger partial charge in [-0.2, -0.15) is 13.2 Å². The number of amides is 1. The second kappa shape index (κ2) is 10.4. The summed E-state index contributed by atoms with van der Waals surface area (Å²) in [7, 11) is 1.58. The summed E-state index contributed by atoms with van der Waals surface area (Å²) in [4.78, 5) is 22.3. The number of anilines is 1. The first-order valence-corrected chi connectivity index (χ1v) is 10.00. The molecule has 0 bridgehead atoms. The Labute approximate surface area is 178 Å². The van der Waals surface area contributed by atoms with E-state index < -0.39 is 17.7 Å². The van der Waals surface area contributed by atoms with Gasteiger partial charge in [-0.25, -0.2) is 9.97 Å². The van der Waals surface area contributed by atoms with E-state index in [1.807, 2.05) is 0 Å². The van der Waals surface area contributed by atoms with Crippen LogP contribution in [0.15, 0.2) is 36.7 Å². The molecule has 0 spiro atoms. The molecule has 0 aliphatic carbocycles. The van der Waals surface area contributed by atoms with Gasteiger partial charge in [-0.3, -0.25) is 4.79 Å². The van der Waals surface area contributed by atoms with Gasteiger partial charge in [0.25, 0.3) is 0 Å². The molecule has 1 amide bonds. The van der Waals surface area contributed by atoms with Crippen LogP contribution in [0.4, 0.5) is 19.0 Å². The molecule has 7 nitrogen and oxygen atoms in total. The van der Waals surface area contributed by atoms with Crippen LogP contribution in [0.5, 0.6) is 5.88 Å². The number of methoxy groups -OCH3 is 1. The number of rotatable bonds is 8. The normalized spacial score (nSPS) is 16.8. The number of ether oxygens (including phenoxy) is 2. The van der Waals surface area contributed by atoms with Crippen LogP contribution in [0.25, 0.3) is 0 Å². The number of aromatic nitrogens is 2. The van der Waals surface area contributed by atoms with Gasteiger partial charge in [0, 0.05) is 45.2 Å². The Morgan fingerprint density at radius 1 is 1.26 bits per heavy atom. The third-order valence-electron chi connectivity index (χ3n) is 4.99. The van der Waals surface area contributed by atoms with Gasteiger partial charge >= 0.3 is 6.18 Å². The molecule has 1 unspecified atom stereocenters. The van der Waals surface area contributed by atoms with Crippen LogP contribution >= 0.6 is 0 Å². The first-order chi connectivity index (χ1) is 14.9. The van der Waals surface area contributed by atoms with Crippen LogP contribution in [0.3, 0.4) is 0 Å². The Morgan fingerprint density at radius 3 is 2.81 bits per heavy atom. The molecule has 3 heterocycles. The first kappa shape index (κ1) is 22.8. The van der Waals surface area contributed by atoms with E-state index in [0.29, 0.717) is 38.5 Å². The summed E-state index contributed by atoms with van der Waals surface area (Å²) >= 11 is 0. The van der Waals surface area contributed by atoms with Gasteiger partial charge in [0.15, 0.2) is 0 Å². The second-order valence-electron chi connectivity index (χ2n) is 7.22. The van der Waals surface area contributed by atoms with Crippen molar-refractivity contribution in [3.05, 3.63) is 47.8 Å². The highest BCUT2D eigenvalue weighted by Crippen LogP contribution is 2.36. The number of pyridine rings is 2. The minimum Gasteiger partial charge on any atom is -0.475 e. The molecule has 2 aromatic rings. The van der Waals surface area contributed by atoms with Gasteiger partial charge in [0.1, 0.15) is 12.4 Å². The molecular formula is C21H25F3N4O3. The monoisotopic (exact) mass is 438 g/mol. The molecule has 10 heteroatoms. The zero-order valence-corrected chi connectivity index (χ0v) is 17.2. The van der Waals surface area contributed by atoms with Crippen molar-refractivity contribution in [2.45, 2.75) is 25.6 Å². The Morgan fingerprint density at radius 2 is 2.10 bits per heavy atom. The molecule has 1 aliphatic heterocycles. The average molecular weight is 438 g/mol. The molecule has 3 rings (SSSR count). The molecule has 1 atom stereocenters. The minimum atomic E-state index is -4.49. The van der Waals surface area contributed by atoms with Crippen LogP contribution < -0.4 is 15.0 Å². The summed E-state index contributed by atoms with van der Waals surface area (Å²) in [6, 6.07) is 5.79. The second-order valence-corrected chi connectivity index (χ2v) is 7.22. The number of hydrogen-bond donors (Lipinski definition) is 1. The van der Waals surface area contributed by atoms with Crippen molar-refractivity contribution in [1.82, 2.24) is 15.3 Å². The lowest BCUT2D eigenvalue weighted by molar-refractivity contribution is -0.137. The van der Waals surface area contributed by atoms with E-state index in [4.69, 9.17) is 9.47 Å². The number of piperidine rings is 1. The zero-order chi connectivity index (χ0) is 22.3. The number of nitrogens with zero attached hydrogens (tertiary/aromatic N) is 3. The number of nitrogens with one attached hydrogen (secondary N) is 1. The molecule has 1 fully saturated rings. The molecule has 1 N–H and O–H groups in total. The molecule has 2 aromatic heterocycles. The number of alkyl halides is 3. The maximum Gasteiger partial charge on any atom is 0.419 e. The first-order valence-electron chi connectivity index (χ1n) is 10.00. The van der Waals surface area contributed by atoms with Crippen molar-refractivity contribution in [3.63, 3.8) is 0 Å². The maximum atomic E-state index is 13.3. The van der Waals surface area contributed by atoms with Crippen molar-refractivity contribution in [2.75, 3.05) is 38.3 Å². The van der Waals surface area contributed by atoms with Crippen LogP contribution in [-0.2, 0) is 22.3 Å². The van der Waals surface area contributed by atoms with Gasteiger partial charge in [-0.05, 0) is 30.5 Å². The topological polar surface area (TPSA) is 76.6 Å². The maximum absolute atomic E-state index is 13.3. The van der Waals surface area contributed by atoms with Gasteiger partial charge in [0.05, 0.1) is 18.1 Å². The molecule has 0 saturated carbocycles. The van der Waals surface area contributed by atoms with Crippen molar-refractivity contribution in [1.29, 1.82) is 0 Å². The Hall–Kier alpha value is -2.88. The highest BCUT2D eigenvalue weighted by molar-refractivity contribution is 5.79. The Balaban J connectivity index is 1.56. The molecule has 1 aliphatic rings. The lowest BCUT2D eigenvalue weighted by atomic mass is 9.96. The van der Waals surface area contributed by atoms with E-state index in [0.717, 1.165) is 11.6 Å². The summed E-state index contributed by atoms with van der Waals surface area (Å²) in [6.07, 6.45) is -0.323. The number of halogens is 3. The summed E-state index contributed by atoms with van der Waals surface area (Å²) in [5.41, 5.74) is 0.0131. The predicted octanol–water partition coefficient (Wildman–Crippen LogP) is 3.05. The largest absolute Gasteiger partial charge is 0.475 e. The van der Waals surface area contributed by atoms with E-state index in [1.165, 1.54) is 12.3 Å². The standard InChI is InChI=1S/C21H25F3N4O3/c1-30-10-11-31-18-7-6-15(12-26-18)13-27-20(29)16-4-3-9-28(14-16)19-17(21(22,23)24)5-2-8-25-19/h2,5-8,12,16H,3-4,9-11,13-14H2,1H3,(H,27,29). The van der Waals surface area contributed by atoms with Gasteiger partial charge in [-0.15, -0.1) is 0 Å². The van der Waals surface area contributed by atoms with Crippen molar-refractivity contribution < 1.29 is 27.4 Å². The van der Waals surface area contributed by atoms with Crippen molar-refractivity contribution in [2.24, 2.45) is 5.92 Å². The van der Waals surface area contributed by atoms with E-state index in [9.17, 15) is 18.0 Å². The van der Waals surface area contributed by atoms with Crippen molar-refractivity contribution in [3.8, 4) is 5.88 Å². The summed E-state index contributed by atoms with van der Waals surface area (Å²) in [5.74, 6) is -0.275. The smallest absolute Gasteiger partial charge is 0.419 e. The lowest BCUT2D eigenvalue weighted by Gasteiger charge is -2.34. The average Bonchev–Trinajstić information content (AvgIpc) is 2.78. The summed E-state index contributed by atoms with van der Waals surface area (Å²) in [5, 5.41) is 2.85. The Kier molecular flexibility index (Phi) is 7.67. The molecule has 168 valence electrons. The molecule has 0 aromatic carbocycles. The fourth-order valence-corrected chi connectivity index (χ4v) is 3.42. The van der Waals surface area contributed by atoms with Crippen LogP contribution in [0, 0.1) is 5.92 Å². The molecular weight excluding hydrogens is 413 g/mol. The molecule has 1 saturated heterocycles. The molecule has 0 radical (unpaired) electrons. The summed E-state index contributed by atoms with van der Waals surface area (Å²) in [6.45, 7) is 1.75. The van der Waals surface area contributed by atoms with E-state index in [1.54, 1.807) is 30.3 Å². The number of hydrogen-bond acceptors (Lipinski definition) is 6. The van der Waals surface area contributed by atoms with Gasteiger partial charge in [0.2, 0.25) is 11.8 Å². The van der Waals surface area contributed by atoms with Gasteiger partial charge < -0.3 is 19.7 Å². The van der Waals surface area contributed by atoms with E-state index in [-0.39, 0.29) is 24.8 Å². The van der Waals surface area contributed by atoms with Crippen molar-refractivity contribution >= 4 is 11.7 Å². The van der Waals surface area contributed by atoms with Gasteiger partial charge in [-0.1, -0.05) is 6.07 Å². The highest BCUT2D eigenvalue weighted by Gasteiger charge is 2.37. The van der Waals surface area contributed by atoms with E-state index >= 15 is 0 Å². The number of carbonyl (C=O) groups is 1. The van der Waals surface area contributed by atoms with Crippen LogP contribution in [0.2, 0.25) is 0 Å². The Bertz CT molecular complexity index is 862.